The lowest BCUT2D eigenvalue weighted by Gasteiger charge is -2.24. The summed E-state index contributed by atoms with van der Waals surface area (Å²) in [6, 6.07) is 4.04. The fourth-order valence-corrected chi connectivity index (χ4v) is 3.91. The Morgan fingerprint density at radius 1 is 0.926 bits per heavy atom. The molecule has 3 rings (SSSR count). The fraction of sp³-hybridized carbons (Fsp3) is 0.368. The van der Waals surface area contributed by atoms with Crippen LogP contribution in [0, 0.1) is 23.7 Å². The molecule has 0 spiro atoms. The quantitative estimate of drug-likeness (QED) is 0.596. The molecule has 0 heterocycles. The van der Waals surface area contributed by atoms with Crippen molar-refractivity contribution in [2.24, 2.45) is 23.7 Å². The molecule has 0 radical (unpaired) electrons. The summed E-state index contributed by atoms with van der Waals surface area (Å²) in [5, 5.41) is 12.1. The molecule has 8 nitrogen and oxygen atoms in total. The lowest BCUT2D eigenvalue weighted by molar-refractivity contribution is -0.146. The molecule has 0 unspecified atom stereocenters. The molecule has 0 saturated heterocycles. The third-order valence-electron chi connectivity index (χ3n) is 5.09. The average Bonchev–Trinajstić information content (AvgIpc) is 3.27. The number of carbonyl (C=O) groups is 4. The Morgan fingerprint density at radius 2 is 1.44 bits per heavy atom. The number of carbonyl (C=O) groups excluding carboxylic acids is 3. The zero-order valence-electron chi connectivity index (χ0n) is 14.8. The zero-order chi connectivity index (χ0) is 19.7. The van der Waals surface area contributed by atoms with E-state index in [0.717, 1.165) is 0 Å². The highest BCUT2D eigenvalue weighted by molar-refractivity contribution is 6.01. The molecule has 27 heavy (non-hydrogen) atoms. The Morgan fingerprint density at radius 3 is 1.93 bits per heavy atom. The first-order chi connectivity index (χ1) is 12.8. The average molecular weight is 373 g/mol. The van der Waals surface area contributed by atoms with Gasteiger partial charge in [0.1, 0.15) is 0 Å². The summed E-state index contributed by atoms with van der Waals surface area (Å²) in [5.41, 5.74) is 0.329. The number of allylic oxidation sites excluding steroid dienone is 2. The van der Waals surface area contributed by atoms with E-state index in [1.807, 2.05) is 12.2 Å². The first kappa shape index (κ1) is 18.6. The van der Waals surface area contributed by atoms with Gasteiger partial charge in [-0.1, -0.05) is 12.2 Å². The van der Waals surface area contributed by atoms with Crippen LogP contribution in [0.25, 0.3) is 0 Å². The number of nitrogens with one attached hydrogen (secondary N) is 1. The van der Waals surface area contributed by atoms with Gasteiger partial charge >= 0.3 is 17.9 Å². The minimum Gasteiger partial charge on any atom is -0.481 e. The number of hydrogen-bond acceptors (Lipinski definition) is 6. The molecule has 1 aromatic rings. The van der Waals surface area contributed by atoms with E-state index in [4.69, 9.17) is 0 Å². The molecule has 142 valence electrons. The fourth-order valence-electron chi connectivity index (χ4n) is 3.91. The van der Waals surface area contributed by atoms with Crippen molar-refractivity contribution in [2.75, 3.05) is 19.5 Å². The Balaban J connectivity index is 1.89. The van der Waals surface area contributed by atoms with E-state index in [9.17, 15) is 24.3 Å². The summed E-state index contributed by atoms with van der Waals surface area (Å²) < 4.78 is 9.33. The third kappa shape index (κ3) is 3.42. The van der Waals surface area contributed by atoms with Crippen molar-refractivity contribution >= 4 is 29.5 Å². The predicted octanol–water partition coefficient (Wildman–Crippen LogP) is 1.72. The Bertz CT molecular complexity index is 810. The van der Waals surface area contributed by atoms with Crippen LogP contribution in [0.1, 0.15) is 27.1 Å². The molecule has 2 bridgehead atoms. The van der Waals surface area contributed by atoms with Crippen molar-refractivity contribution in [2.45, 2.75) is 6.42 Å². The summed E-state index contributed by atoms with van der Waals surface area (Å²) in [4.78, 5) is 48.1. The molecule has 1 fully saturated rings. The van der Waals surface area contributed by atoms with Crippen molar-refractivity contribution in [3.8, 4) is 0 Å². The van der Waals surface area contributed by atoms with Crippen LogP contribution in [0.2, 0.25) is 0 Å². The number of aliphatic carboxylic acids is 1. The van der Waals surface area contributed by atoms with E-state index in [1.165, 1.54) is 32.4 Å². The van der Waals surface area contributed by atoms with E-state index in [2.05, 4.69) is 14.8 Å². The first-order valence-corrected chi connectivity index (χ1v) is 8.39. The maximum Gasteiger partial charge on any atom is 0.337 e. The third-order valence-corrected chi connectivity index (χ3v) is 5.09. The number of esters is 2. The van der Waals surface area contributed by atoms with Crippen LogP contribution in [-0.4, -0.2) is 43.1 Å². The molecule has 0 aliphatic heterocycles. The van der Waals surface area contributed by atoms with E-state index in [-0.39, 0.29) is 28.7 Å². The predicted molar refractivity (Wildman–Crippen MR) is 93.1 cm³/mol. The lowest BCUT2D eigenvalue weighted by atomic mass is 9.82. The summed E-state index contributed by atoms with van der Waals surface area (Å²) in [6.45, 7) is 0. The maximum atomic E-state index is 12.8. The first-order valence-electron chi connectivity index (χ1n) is 8.39. The summed E-state index contributed by atoms with van der Waals surface area (Å²) >= 11 is 0. The van der Waals surface area contributed by atoms with Crippen LogP contribution in [0.4, 0.5) is 5.69 Å². The van der Waals surface area contributed by atoms with Crippen LogP contribution in [-0.2, 0) is 19.1 Å². The van der Waals surface area contributed by atoms with Gasteiger partial charge in [0.05, 0.1) is 37.2 Å². The smallest absolute Gasteiger partial charge is 0.337 e. The van der Waals surface area contributed by atoms with Crippen LogP contribution < -0.4 is 5.32 Å². The molecule has 2 aliphatic carbocycles. The van der Waals surface area contributed by atoms with Crippen LogP contribution in [0.15, 0.2) is 30.4 Å². The van der Waals surface area contributed by atoms with Crippen molar-refractivity contribution in [3.05, 3.63) is 41.5 Å². The molecule has 8 heteroatoms. The number of anilines is 1. The van der Waals surface area contributed by atoms with Crippen molar-refractivity contribution in [3.63, 3.8) is 0 Å². The van der Waals surface area contributed by atoms with Gasteiger partial charge in [-0.15, -0.1) is 0 Å². The van der Waals surface area contributed by atoms with Gasteiger partial charge in [-0.05, 0) is 36.5 Å². The second kappa shape index (κ2) is 7.22. The van der Waals surface area contributed by atoms with Crippen molar-refractivity contribution < 1.29 is 33.8 Å². The lowest BCUT2D eigenvalue weighted by Crippen LogP contribution is -2.36. The minimum atomic E-state index is -1.01. The molecule has 1 aromatic carbocycles. The number of rotatable bonds is 5. The largest absolute Gasteiger partial charge is 0.481 e. The molecule has 0 aromatic heterocycles. The standard InChI is InChI=1S/C19H19NO7/c1-26-18(24)11-6-12(19(25)27-2)8-13(7-11)20-16(21)14-9-3-4-10(5-9)15(14)17(22)23/h3-4,6-10,14-15H,5H2,1-2H3,(H,20,21)(H,22,23)/t9-,10+,14-,15+/m1/s1. The highest BCUT2D eigenvalue weighted by atomic mass is 16.5. The minimum absolute atomic E-state index is 0.0679. The highest BCUT2D eigenvalue weighted by Crippen LogP contribution is 2.48. The van der Waals surface area contributed by atoms with Crippen LogP contribution in [0.3, 0.4) is 0 Å². The number of amides is 1. The molecule has 2 N–H and O–H groups in total. The molecular formula is C19H19NO7. The number of ether oxygens (including phenoxy) is 2. The van der Waals surface area contributed by atoms with E-state index < -0.39 is 35.7 Å². The molecular weight excluding hydrogens is 354 g/mol. The number of carboxylic acid groups (broad SMARTS) is 1. The number of carboxylic acids is 1. The van der Waals surface area contributed by atoms with Crippen LogP contribution >= 0.6 is 0 Å². The second-order valence-corrected chi connectivity index (χ2v) is 6.61. The van der Waals surface area contributed by atoms with Gasteiger partial charge in [-0.2, -0.15) is 0 Å². The van der Waals surface area contributed by atoms with E-state index in [0.29, 0.717) is 6.42 Å². The SMILES string of the molecule is COC(=O)c1cc(NC(=O)[C@H]2[C@@H](C(=O)O)[C@H]3C=C[C@@H]2C3)cc(C(=O)OC)c1. The summed E-state index contributed by atoms with van der Waals surface area (Å²) in [5.74, 6) is -4.62. The number of fused-ring (bicyclic) bond motifs is 2. The van der Waals surface area contributed by atoms with E-state index in [1.54, 1.807) is 0 Å². The number of hydrogen-bond donors (Lipinski definition) is 2. The van der Waals surface area contributed by atoms with E-state index >= 15 is 0 Å². The maximum absolute atomic E-state index is 12.8. The summed E-state index contributed by atoms with van der Waals surface area (Å²) in [7, 11) is 2.40. The number of methoxy groups -OCH3 is 2. The Labute approximate surface area is 155 Å². The molecule has 4 atom stereocenters. The summed E-state index contributed by atoms with van der Waals surface area (Å²) in [6.07, 6.45) is 4.35. The van der Waals surface area contributed by atoms with Gasteiger partial charge in [-0.25, -0.2) is 9.59 Å². The monoisotopic (exact) mass is 373 g/mol. The highest BCUT2D eigenvalue weighted by Gasteiger charge is 2.51. The number of benzene rings is 1. The normalized spacial score (nSPS) is 25.1. The van der Waals surface area contributed by atoms with Gasteiger partial charge < -0.3 is 19.9 Å². The zero-order valence-corrected chi connectivity index (χ0v) is 14.8. The van der Waals surface area contributed by atoms with Crippen molar-refractivity contribution in [1.29, 1.82) is 0 Å². The van der Waals surface area contributed by atoms with Crippen molar-refractivity contribution in [1.82, 2.24) is 0 Å². The Hall–Kier alpha value is -3.16. The van der Waals surface area contributed by atoms with Gasteiger partial charge in [0.2, 0.25) is 5.91 Å². The van der Waals surface area contributed by atoms with Gasteiger partial charge in [0, 0.05) is 5.69 Å². The molecule has 1 amide bonds. The Kier molecular flexibility index (Phi) is 4.98. The van der Waals surface area contributed by atoms with Gasteiger partial charge in [0.15, 0.2) is 0 Å². The van der Waals surface area contributed by atoms with Gasteiger partial charge in [-0.3, -0.25) is 9.59 Å². The topological polar surface area (TPSA) is 119 Å². The molecule has 2 aliphatic rings. The van der Waals surface area contributed by atoms with Gasteiger partial charge in [0.25, 0.3) is 0 Å². The molecule has 1 saturated carbocycles. The van der Waals surface area contributed by atoms with Crippen LogP contribution in [0.5, 0.6) is 0 Å². The second-order valence-electron chi connectivity index (χ2n) is 6.61.